The highest BCUT2D eigenvalue weighted by atomic mass is 32.1. The average Bonchev–Trinajstić information content (AvgIpc) is 2.93. The number of amides is 1. The van der Waals surface area contributed by atoms with Crippen LogP contribution in [0, 0.1) is 12.7 Å². The lowest BCUT2D eigenvalue weighted by atomic mass is 10.2. The Morgan fingerprint density at radius 3 is 2.83 bits per heavy atom. The normalized spacial score (nSPS) is 10.7. The molecule has 2 aromatic carbocycles. The number of halogens is 1. The van der Waals surface area contributed by atoms with E-state index >= 15 is 0 Å². The highest BCUT2D eigenvalue weighted by Gasteiger charge is 2.14. The van der Waals surface area contributed by atoms with Crippen LogP contribution in [-0.2, 0) is 4.79 Å². The lowest BCUT2D eigenvalue weighted by Crippen LogP contribution is -2.29. The molecule has 0 saturated carbocycles. The number of anilines is 2. The quantitative estimate of drug-likeness (QED) is 0.791. The Labute approximate surface area is 137 Å². The number of rotatable bonds is 4. The van der Waals surface area contributed by atoms with Gasteiger partial charge in [0.05, 0.1) is 11.2 Å². The number of fused-ring (bicyclic) bond motifs is 1. The largest absolute Gasteiger partial charge is 0.342 e. The van der Waals surface area contributed by atoms with Gasteiger partial charge < -0.3 is 10.2 Å². The van der Waals surface area contributed by atoms with Crippen molar-refractivity contribution in [2.24, 2.45) is 0 Å². The molecule has 0 saturated heterocycles. The third kappa shape index (κ3) is 3.48. The lowest BCUT2D eigenvalue weighted by molar-refractivity contribution is -0.114. The molecule has 0 aliphatic rings. The maximum absolute atomic E-state index is 13.7. The van der Waals surface area contributed by atoms with Gasteiger partial charge in [-0.25, -0.2) is 9.37 Å². The highest BCUT2D eigenvalue weighted by molar-refractivity contribution is 7.22. The van der Waals surface area contributed by atoms with Crippen LogP contribution in [-0.4, -0.2) is 24.5 Å². The van der Waals surface area contributed by atoms with Crippen LogP contribution in [0.2, 0.25) is 0 Å². The van der Waals surface area contributed by atoms with Gasteiger partial charge in [-0.3, -0.25) is 4.79 Å². The smallest absolute Gasteiger partial charge is 0.243 e. The van der Waals surface area contributed by atoms with Crippen molar-refractivity contribution in [1.29, 1.82) is 0 Å². The fourth-order valence-corrected chi connectivity index (χ4v) is 3.21. The van der Waals surface area contributed by atoms with Crippen LogP contribution in [0.4, 0.5) is 15.2 Å². The molecule has 1 N–H and O–H groups in total. The van der Waals surface area contributed by atoms with E-state index in [1.807, 2.05) is 37.3 Å². The van der Waals surface area contributed by atoms with Crippen molar-refractivity contribution in [3.8, 4) is 0 Å². The number of carbonyl (C=O) groups excluding carboxylic acids is 1. The first-order valence-corrected chi connectivity index (χ1v) is 7.97. The molecule has 0 bridgehead atoms. The summed E-state index contributed by atoms with van der Waals surface area (Å²) >= 11 is 1.37. The minimum Gasteiger partial charge on any atom is -0.342 e. The van der Waals surface area contributed by atoms with E-state index in [0.29, 0.717) is 10.6 Å². The molecule has 0 aliphatic heterocycles. The second kappa shape index (κ2) is 6.34. The van der Waals surface area contributed by atoms with Crippen LogP contribution >= 0.6 is 11.3 Å². The Morgan fingerprint density at radius 2 is 2.09 bits per heavy atom. The Balaban J connectivity index is 1.71. The summed E-state index contributed by atoms with van der Waals surface area (Å²) in [5.41, 5.74) is 2.19. The number of nitrogens with zero attached hydrogens (tertiary/aromatic N) is 2. The molecule has 1 heterocycles. The maximum atomic E-state index is 13.7. The van der Waals surface area contributed by atoms with Gasteiger partial charge >= 0.3 is 0 Å². The molecular formula is C17H16FN3OS. The minimum atomic E-state index is -0.345. The molecule has 3 rings (SSSR count). The molecule has 118 valence electrons. The predicted octanol–water partition coefficient (Wildman–Crippen LogP) is 3.82. The first-order chi connectivity index (χ1) is 11.0. The number of nitrogens with one attached hydrogen (secondary N) is 1. The predicted molar refractivity (Wildman–Crippen MR) is 92.7 cm³/mol. The van der Waals surface area contributed by atoms with Gasteiger partial charge in [-0.1, -0.05) is 29.5 Å². The van der Waals surface area contributed by atoms with Crippen LogP contribution in [0.15, 0.2) is 42.5 Å². The van der Waals surface area contributed by atoms with Crippen LogP contribution in [0.1, 0.15) is 5.56 Å². The second-order valence-electron chi connectivity index (χ2n) is 5.36. The van der Waals surface area contributed by atoms with E-state index in [2.05, 4.69) is 10.3 Å². The average molecular weight is 329 g/mol. The fourth-order valence-electron chi connectivity index (χ4n) is 2.27. The number of thiazole rings is 1. The number of carbonyl (C=O) groups is 1. The maximum Gasteiger partial charge on any atom is 0.243 e. The van der Waals surface area contributed by atoms with E-state index in [1.165, 1.54) is 17.4 Å². The molecule has 0 radical (unpaired) electrons. The SMILES string of the molecule is Cc1cccc(NC(=O)CN(C)c2nc3c(F)cccc3s2)c1. The van der Waals surface area contributed by atoms with Crippen molar-refractivity contribution in [3.05, 3.63) is 53.8 Å². The molecule has 3 aromatic rings. The molecule has 0 unspecified atom stereocenters. The van der Waals surface area contributed by atoms with Crippen molar-refractivity contribution >= 4 is 38.3 Å². The number of aryl methyl sites for hydroxylation is 1. The minimum absolute atomic E-state index is 0.141. The fraction of sp³-hybridized carbons (Fsp3) is 0.176. The van der Waals surface area contributed by atoms with E-state index in [4.69, 9.17) is 0 Å². The van der Waals surface area contributed by atoms with Gasteiger partial charge in [0.15, 0.2) is 5.13 Å². The van der Waals surface area contributed by atoms with Crippen molar-refractivity contribution in [3.63, 3.8) is 0 Å². The van der Waals surface area contributed by atoms with Crippen molar-refractivity contribution in [2.75, 3.05) is 23.8 Å². The lowest BCUT2D eigenvalue weighted by Gasteiger charge is -2.15. The molecule has 0 atom stereocenters. The van der Waals surface area contributed by atoms with E-state index < -0.39 is 0 Å². The summed E-state index contributed by atoms with van der Waals surface area (Å²) in [7, 11) is 1.77. The Hall–Kier alpha value is -2.47. The summed E-state index contributed by atoms with van der Waals surface area (Å²) in [6.45, 7) is 2.12. The van der Waals surface area contributed by atoms with Gasteiger partial charge in [0, 0.05) is 12.7 Å². The van der Waals surface area contributed by atoms with Gasteiger partial charge in [-0.15, -0.1) is 0 Å². The summed E-state index contributed by atoms with van der Waals surface area (Å²) in [5, 5.41) is 3.47. The number of likely N-dealkylation sites (N-methyl/N-ethyl adjacent to an activating group) is 1. The Bertz CT molecular complexity index is 862. The van der Waals surface area contributed by atoms with Crippen LogP contribution in [0.5, 0.6) is 0 Å². The number of hydrogen-bond donors (Lipinski definition) is 1. The molecular weight excluding hydrogens is 313 g/mol. The van der Waals surface area contributed by atoms with Gasteiger partial charge in [0.1, 0.15) is 11.3 Å². The Morgan fingerprint density at radius 1 is 1.30 bits per heavy atom. The molecule has 1 aromatic heterocycles. The van der Waals surface area contributed by atoms with Crippen molar-refractivity contribution < 1.29 is 9.18 Å². The van der Waals surface area contributed by atoms with Crippen LogP contribution < -0.4 is 10.2 Å². The number of para-hydroxylation sites is 1. The van der Waals surface area contributed by atoms with Crippen molar-refractivity contribution in [2.45, 2.75) is 6.92 Å². The summed E-state index contributed by atoms with van der Waals surface area (Å²) < 4.78 is 14.5. The highest BCUT2D eigenvalue weighted by Crippen LogP contribution is 2.29. The zero-order chi connectivity index (χ0) is 16.4. The summed E-state index contributed by atoms with van der Waals surface area (Å²) in [4.78, 5) is 18.1. The van der Waals surface area contributed by atoms with Gasteiger partial charge in [-0.2, -0.15) is 0 Å². The van der Waals surface area contributed by atoms with Crippen LogP contribution in [0.25, 0.3) is 10.2 Å². The first kappa shape index (κ1) is 15.4. The van der Waals surface area contributed by atoms with Gasteiger partial charge in [-0.05, 0) is 36.8 Å². The monoisotopic (exact) mass is 329 g/mol. The third-order valence-electron chi connectivity index (χ3n) is 3.37. The molecule has 23 heavy (non-hydrogen) atoms. The van der Waals surface area contributed by atoms with Crippen molar-refractivity contribution in [1.82, 2.24) is 4.98 Å². The molecule has 0 spiro atoms. The second-order valence-corrected chi connectivity index (χ2v) is 6.37. The van der Waals surface area contributed by atoms with E-state index in [1.54, 1.807) is 18.0 Å². The molecule has 1 amide bonds. The topological polar surface area (TPSA) is 45.2 Å². The molecule has 0 fully saturated rings. The molecule has 4 nitrogen and oxygen atoms in total. The summed E-state index contributed by atoms with van der Waals surface area (Å²) in [6.07, 6.45) is 0. The zero-order valence-corrected chi connectivity index (χ0v) is 13.7. The number of hydrogen-bond acceptors (Lipinski definition) is 4. The standard InChI is InChI=1S/C17H16FN3OS/c1-11-5-3-6-12(9-11)19-15(22)10-21(2)17-20-16-13(18)7-4-8-14(16)23-17/h3-9H,10H2,1-2H3,(H,19,22). The molecule has 6 heteroatoms. The zero-order valence-electron chi connectivity index (χ0n) is 12.8. The Kier molecular flexibility index (Phi) is 4.25. The van der Waals surface area contributed by atoms with E-state index in [9.17, 15) is 9.18 Å². The van der Waals surface area contributed by atoms with Crippen LogP contribution in [0.3, 0.4) is 0 Å². The first-order valence-electron chi connectivity index (χ1n) is 7.15. The van der Waals surface area contributed by atoms with E-state index in [-0.39, 0.29) is 18.3 Å². The molecule has 0 aliphatic carbocycles. The number of benzene rings is 2. The number of aromatic nitrogens is 1. The third-order valence-corrected chi connectivity index (χ3v) is 4.50. The van der Waals surface area contributed by atoms with Gasteiger partial charge in [0.2, 0.25) is 5.91 Å². The summed E-state index contributed by atoms with van der Waals surface area (Å²) in [6, 6.07) is 12.5. The van der Waals surface area contributed by atoms with E-state index in [0.717, 1.165) is 16.0 Å². The summed E-state index contributed by atoms with van der Waals surface area (Å²) in [5.74, 6) is -0.486. The van der Waals surface area contributed by atoms with Gasteiger partial charge in [0.25, 0.3) is 0 Å².